The zero-order valence-electron chi connectivity index (χ0n) is 50.8. The summed E-state index contributed by atoms with van der Waals surface area (Å²) in [5.74, 6) is -4.26. The van der Waals surface area contributed by atoms with Gasteiger partial charge >= 0.3 is 0 Å². The molecule has 8 heterocycles. The number of carbonyl (C=O) groups excluding carboxylic acids is 10. The molecule has 0 aliphatic heterocycles. The molecule has 0 saturated carbocycles. The minimum atomic E-state index is -0.592. The predicted molar refractivity (Wildman–Crippen MR) is 330 cm³/mol. The van der Waals surface area contributed by atoms with Gasteiger partial charge in [0.05, 0.1) is 34.1 Å². The third-order valence-electron chi connectivity index (χ3n) is 14.0. The Hall–Kier alpha value is -11.2. The summed E-state index contributed by atoms with van der Waals surface area (Å²) in [4.78, 5) is 141. The average Bonchev–Trinajstić information content (AvgIpc) is 2.77. The maximum atomic E-state index is 13.5. The van der Waals surface area contributed by atoms with Gasteiger partial charge in [0.25, 0.3) is 47.3 Å². The Morgan fingerprint density at radius 2 is 0.742 bits per heavy atom. The van der Waals surface area contributed by atoms with Crippen LogP contribution in [0.2, 0.25) is 0 Å². The number of nitrogens with one attached hydrogen (secondary N) is 10. The van der Waals surface area contributed by atoms with Crippen LogP contribution in [0.4, 0.5) is 39.9 Å². The standard InChI is InChI=1S/C58H71N21O10/c1-71(2)19-12-16-59-47(80)14-17-62-52(83)41-23-36(29-74(41)5)65-54(85)43-25-38(31-76(43)7)67-55(86)44-24-37(30-77(44)8)66-53(84)42-21-34(27-75(42)6)63-48(81)13-11-15-61-51(82)40-22-35(28-73(40)4)64-56(87)45-26-39(32-78(45)9)68-58(89)50-69-46(33-79(50)10)70-57(88)49-60-18-20-72(49)3/h18,20-33H,11-17,19H2,1-10H3,(H,59,80)(H,61,82)(H,62,83)(H,63,81)(H,64,87)(H,65,85)(H,66,84)(H,67,86)(H,68,89)(H,70,88). The molecule has 0 bridgehead atoms. The number of aromatic nitrogens is 10. The van der Waals surface area contributed by atoms with Crippen molar-refractivity contribution in [2.45, 2.75) is 25.7 Å². The number of carbonyl (C=O) groups is 10. The summed E-state index contributed by atoms with van der Waals surface area (Å²) in [6, 6.07) is 8.96. The van der Waals surface area contributed by atoms with Crippen LogP contribution >= 0.6 is 0 Å². The number of amides is 10. The Morgan fingerprint density at radius 1 is 0.371 bits per heavy atom. The van der Waals surface area contributed by atoms with Gasteiger partial charge in [-0.1, -0.05) is 0 Å². The highest BCUT2D eigenvalue weighted by Gasteiger charge is 2.24. The first kappa shape index (κ1) is 63.8. The largest absolute Gasteiger partial charge is 0.356 e. The van der Waals surface area contributed by atoms with E-state index in [0.29, 0.717) is 40.7 Å². The van der Waals surface area contributed by atoms with E-state index in [0.717, 1.165) is 13.0 Å². The molecular weight excluding hydrogens is 1150 g/mol. The van der Waals surface area contributed by atoms with Gasteiger partial charge in [-0.15, -0.1) is 0 Å². The fraction of sp³-hybridized carbons (Fsp3) is 0.310. The van der Waals surface area contributed by atoms with Crippen LogP contribution in [0, 0.1) is 0 Å². The second-order valence-electron chi connectivity index (χ2n) is 21.4. The summed E-state index contributed by atoms with van der Waals surface area (Å²) >= 11 is 0. The highest BCUT2D eigenvalue weighted by molar-refractivity contribution is 6.10. The van der Waals surface area contributed by atoms with Crippen molar-refractivity contribution in [3.05, 3.63) is 138 Å². The molecule has 0 aliphatic carbocycles. The molecule has 0 radical (unpaired) electrons. The van der Waals surface area contributed by atoms with Gasteiger partial charge in [0.2, 0.25) is 17.6 Å². The molecule has 31 nitrogen and oxygen atoms in total. The molecule has 8 rings (SSSR count). The van der Waals surface area contributed by atoms with Crippen molar-refractivity contribution in [3.8, 4) is 0 Å². The van der Waals surface area contributed by atoms with Crippen LogP contribution < -0.4 is 53.2 Å². The third-order valence-corrected chi connectivity index (χ3v) is 14.0. The Bertz CT molecular complexity index is 4020. The molecule has 89 heavy (non-hydrogen) atoms. The first-order valence-corrected chi connectivity index (χ1v) is 27.9. The van der Waals surface area contributed by atoms with Gasteiger partial charge in [0.1, 0.15) is 34.2 Å². The number of rotatable bonds is 26. The van der Waals surface area contributed by atoms with Crippen LogP contribution in [0.15, 0.2) is 92.2 Å². The molecule has 0 saturated heterocycles. The zero-order valence-corrected chi connectivity index (χ0v) is 50.8. The molecular formula is C58H71N21O10. The van der Waals surface area contributed by atoms with Gasteiger partial charge in [-0.05, 0) is 69.9 Å². The SMILES string of the molecule is CN(C)CCCNC(=O)CCNC(=O)c1cc(NC(=O)c2cc(NC(=O)c3cc(NC(=O)c4cc(NC(=O)CCCNC(=O)c5cc(NC(=O)c6cc(NC(=O)c7nc(NC(=O)c8nccn8C)cn7C)cn6C)cn5C)cn4C)cn3C)cn2C)cn1C. The predicted octanol–water partition coefficient (Wildman–Crippen LogP) is 3.03. The van der Waals surface area contributed by atoms with E-state index in [2.05, 4.69) is 63.1 Å². The van der Waals surface area contributed by atoms with Crippen LogP contribution in [0.3, 0.4) is 0 Å². The lowest BCUT2D eigenvalue weighted by molar-refractivity contribution is -0.121. The van der Waals surface area contributed by atoms with E-state index in [1.54, 1.807) is 109 Å². The fourth-order valence-corrected chi connectivity index (χ4v) is 9.47. The molecule has 31 heteroatoms. The number of aryl methyl sites for hydroxylation is 8. The molecule has 0 aromatic carbocycles. The first-order chi connectivity index (χ1) is 42.3. The van der Waals surface area contributed by atoms with E-state index in [1.807, 2.05) is 19.0 Å². The summed E-state index contributed by atoms with van der Waals surface area (Å²) in [7, 11) is 17.0. The lowest BCUT2D eigenvalue weighted by Gasteiger charge is -2.10. The van der Waals surface area contributed by atoms with Gasteiger partial charge in [-0.2, -0.15) is 0 Å². The second kappa shape index (κ2) is 27.9. The van der Waals surface area contributed by atoms with Gasteiger partial charge in [0.15, 0.2) is 11.6 Å². The molecule has 468 valence electrons. The highest BCUT2D eigenvalue weighted by Crippen LogP contribution is 2.23. The van der Waals surface area contributed by atoms with Crippen LogP contribution in [-0.4, -0.2) is 151 Å². The van der Waals surface area contributed by atoms with Crippen molar-refractivity contribution in [1.82, 2.24) is 67.4 Å². The summed E-state index contributed by atoms with van der Waals surface area (Å²) in [6.07, 6.45) is 15.2. The van der Waals surface area contributed by atoms with Crippen molar-refractivity contribution in [2.24, 2.45) is 56.4 Å². The van der Waals surface area contributed by atoms with E-state index in [4.69, 9.17) is 0 Å². The van der Waals surface area contributed by atoms with Gasteiger partial charge in [-0.25, -0.2) is 9.97 Å². The van der Waals surface area contributed by atoms with Crippen molar-refractivity contribution >= 4 is 99.0 Å². The Morgan fingerprint density at radius 3 is 1.15 bits per heavy atom. The summed E-state index contributed by atoms with van der Waals surface area (Å²) in [5, 5.41) is 27.6. The Balaban J connectivity index is 0.747. The number of imidazole rings is 2. The Labute approximate surface area is 510 Å². The van der Waals surface area contributed by atoms with E-state index < -0.39 is 47.3 Å². The minimum Gasteiger partial charge on any atom is -0.356 e. The number of hydrogen-bond donors (Lipinski definition) is 10. The average molecular weight is 1220 g/mol. The lowest BCUT2D eigenvalue weighted by Crippen LogP contribution is -2.32. The van der Waals surface area contributed by atoms with Crippen molar-refractivity contribution in [1.29, 1.82) is 0 Å². The van der Waals surface area contributed by atoms with Gasteiger partial charge in [-0.3, -0.25) is 47.9 Å². The van der Waals surface area contributed by atoms with Gasteiger partial charge in [0, 0.05) is 145 Å². The van der Waals surface area contributed by atoms with E-state index in [1.165, 1.54) is 76.2 Å². The van der Waals surface area contributed by atoms with Crippen LogP contribution in [0.5, 0.6) is 0 Å². The van der Waals surface area contributed by atoms with Crippen LogP contribution in [0.25, 0.3) is 0 Å². The molecule has 8 aromatic rings. The monoisotopic (exact) mass is 1220 g/mol. The van der Waals surface area contributed by atoms with Gasteiger partial charge < -0.3 is 94.6 Å². The quantitative estimate of drug-likeness (QED) is 0.0349. The van der Waals surface area contributed by atoms with Crippen molar-refractivity contribution in [3.63, 3.8) is 0 Å². The topological polar surface area (TPSA) is 359 Å². The van der Waals surface area contributed by atoms with E-state index >= 15 is 0 Å². The molecule has 0 spiro atoms. The summed E-state index contributed by atoms with van der Waals surface area (Å²) in [5.41, 5.74) is 3.26. The molecule has 0 aliphatic rings. The number of hydrogen-bond acceptors (Lipinski definition) is 13. The summed E-state index contributed by atoms with van der Waals surface area (Å²) in [6.45, 7) is 1.66. The number of nitrogens with zero attached hydrogens (tertiary/aromatic N) is 11. The van der Waals surface area contributed by atoms with Crippen LogP contribution in [0.1, 0.15) is 110 Å². The molecule has 0 atom stereocenters. The molecule has 10 N–H and O–H groups in total. The molecule has 0 unspecified atom stereocenters. The maximum absolute atomic E-state index is 13.5. The first-order valence-electron chi connectivity index (χ1n) is 27.9. The fourth-order valence-electron chi connectivity index (χ4n) is 9.47. The van der Waals surface area contributed by atoms with Crippen LogP contribution in [-0.2, 0) is 66.0 Å². The highest BCUT2D eigenvalue weighted by atomic mass is 16.2. The molecule has 10 amide bonds. The minimum absolute atomic E-state index is 0.00375. The lowest BCUT2D eigenvalue weighted by atomic mass is 10.2. The third kappa shape index (κ3) is 16.2. The maximum Gasteiger partial charge on any atom is 0.292 e. The molecule has 0 fully saturated rings. The Kier molecular flexibility index (Phi) is 20.0. The normalized spacial score (nSPS) is 11.0. The van der Waals surface area contributed by atoms with E-state index in [9.17, 15) is 47.9 Å². The second-order valence-corrected chi connectivity index (χ2v) is 21.4. The summed E-state index contributed by atoms with van der Waals surface area (Å²) < 4.78 is 12.2. The number of anilines is 7. The van der Waals surface area contributed by atoms with Crippen molar-refractivity contribution in [2.75, 3.05) is 77.5 Å². The van der Waals surface area contributed by atoms with Crippen molar-refractivity contribution < 1.29 is 47.9 Å². The zero-order chi connectivity index (χ0) is 64.4. The van der Waals surface area contributed by atoms with E-state index in [-0.39, 0.29) is 95.8 Å². The smallest absolute Gasteiger partial charge is 0.292 e. The molecule has 8 aromatic heterocycles.